The number of nitrogens with zero attached hydrogens (tertiary/aromatic N) is 3. The number of rotatable bonds is 4. The molecule has 2 aliphatic heterocycles. The number of hydrogen-bond donors (Lipinski definition) is 0. The van der Waals surface area contributed by atoms with Gasteiger partial charge in [-0.25, -0.2) is 8.42 Å². The van der Waals surface area contributed by atoms with E-state index >= 15 is 0 Å². The molecule has 1 saturated heterocycles. The van der Waals surface area contributed by atoms with Crippen LogP contribution in [0.3, 0.4) is 0 Å². The predicted molar refractivity (Wildman–Crippen MR) is 141 cm³/mol. The van der Waals surface area contributed by atoms with E-state index in [1.807, 2.05) is 0 Å². The lowest BCUT2D eigenvalue weighted by molar-refractivity contribution is 0.0969. The molecular formula is C27H24ClN3O6S. The second-order valence-electron chi connectivity index (χ2n) is 9.58. The number of anilines is 1. The Morgan fingerprint density at radius 2 is 1.68 bits per heavy atom. The molecule has 1 fully saturated rings. The van der Waals surface area contributed by atoms with Gasteiger partial charge in [0.1, 0.15) is 11.3 Å². The maximum absolute atomic E-state index is 13.7. The third-order valence-corrected chi connectivity index (χ3v) is 9.24. The summed E-state index contributed by atoms with van der Waals surface area (Å²) in [6.07, 6.45) is 3.69. The molecule has 196 valence electrons. The van der Waals surface area contributed by atoms with Crippen molar-refractivity contribution in [1.29, 1.82) is 0 Å². The Morgan fingerprint density at radius 1 is 0.974 bits per heavy atom. The highest BCUT2D eigenvalue weighted by molar-refractivity contribution is 7.89. The molecule has 4 aromatic rings. The van der Waals surface area contributed by atoms with Crippen molar-refractivity contribution in [3.63, 3.8) is 0 Å². The van der Waals surface area contributed by atoms with E-state index in [-0.39, 0.29) is 33.0 Å². The molecule has 2 aromatic heterocycles. The van der Waals surface area contributed by atoms with Crippen molar-refractivity contribution in [3.05, 3.63) is 86.4 Å². The van der Waals surface area contributed by atoms with Crippen molar-refractivity contribution in [2.24, 2.45) is 0 Å². The Hall–Kier alpha value is -3.47. The summed E-state index contributed by atoms with van der Waals surface area (Å²) in [7, 11) is -3.67. The zero-order valence-electron chi connectivity index (χ0n) is 20.5. The molecule has 11 heteroatoms. The first kappa shape index (κ1) is 24.8. The lowest BCUT2D eigenvalue weighted by Crippen LogP contribution is -2.32. The van der Waals surface area contributed by atoms with Crippen LogP contribution >= 0.6 is 11.6 Å². The van der Waals surface area contributed by atoms with Crippen molar-refractivity contribution in [2.75, 3.05) is 18.0 Å². The summed E-state index contributed by atoms with van der Waals surface area (Å²) in [6, 6.07) is 11.6. The number of aromatic nitrogens is 1. The number of halogens is 1. The minimum Gasteiger partial charge on any atom is -0.450 e. The summed E-state index contributed by atoms with van der Waals surface area (Å²) in [5, 5.41) is 4.61. The average molecular weight is 554 g/mol. The zero-order chi connectivity index (χ0) is 26.6. The van der Waals surface area contributed by atoms with E-state index in [0.717, 1.165) is 25.7 Å². The zero-order valence-corrected chi connectivity index (χ0v) is 22.1. The van der Waals surface area contributed by atoms with Gasteiger partial charge in [-0.3, -0.25) is 14.5 Å². The van der Waals surface area contributed by atoms with Crippen molar-refractivity contribution >= 4 is 44.3 Å². The fraction of sp³-hybridized carbons (Fsp3) is 0.296. The van der Waals surface area contributed by atoms with Crippen LogP contribution in [0, 0.1) is 6.92 Å². The molecule has 0 N–H and O–H groups in total. The number of carbonyl (C=O) groups excluding carboxylic acids is 1. The number of fused-ring (bicyclic) bond motifs is 2. The van der Waals surface area contributed by atoms with Crippen LogP contribution in [0.5, 0.6) is 0 Å². The van der Waals surface area contributed by atoms with Crippen LogP contribution in [0.1, 0.15) is 59.2 Å². The molecule has 1 atom stereocenters. The van der Waals surface area contributed by atoms with Gasteiger partial charge in [0, 0.05) is 24.2 Å². The van der Waals surface area contributed by atoms with E-state index in [1.165, 1.54) is 27.4 Å². The lowest BCUT2D eigenvalue weighted by Gasteiger charge is -2.23. The SMILES string of the molecule is Cc1cc(N2C(=O)c3oc4ccc(Cl)cc4c(=O)c3C2c2ccc(S(=O)(=O)N3CCCCCC3)cc2)no1. The molecule has 4 heterocycles. The van der Waals surface area contributed by atoms with E-state index in [1.54, 1.807) is 37.3 Å². The van der Waals surface area contributed by atoms with Crippen molar-refractivity contribution in [3.8, 4) is 0 Å². The molecule has 0 bridgehead atoms. The number of hydrogen-bond acceptors (Lipinski definition) is 7. The van der Waals surface area contributed by atoms with Gasteiger partial charge in [-0.1, -0.05) is 41.7 Å². The third kappa shape index (κ3) is 4.03. The smallest absolute Gasteiger partial charge is 0.296 e. The minimum atomic E-state index is -3.67. The van der Waals surface area contributed by atoms with Crippen molar-refractivity contribution in [1.82, 2.24) is 9.46 Å². The second-order valence-corrected chi connectivity index (χ2v) is 11.9. The molecule has 0 saturated carbocycles. The van der Waals surface area contributed by atoms with Crippen LogP contribution in [0.4, 0.5) is 5.82 Å². The summed E-state index contributed by atoms with van der Waals surface area (Å²) in [5.74, 6) is 0.0505. The topological polar surface area (TPSA) is 114 Å². The second kappa shape index (κ2) is 9.37. The van der Waals surface area contributed by atoms with Crippen molar-refractivity contribution in [2.45, 2.75) is 43.5 Å². The predicted octanol–water partition coefficient (Wildman–Crippen LogP) is 5.06. The molecule has 2 aliphatic rings. The Morgan fingerprint density at radius 3 is 2.34 bits per heavy atom. The summed E-state index contributed by atoms with van der Waals surface area (Å²) >= 11 is 6.14. The number of benzene rings is 2. The largest absolute Gasteiger partial charge is 0.450 e. The molecule has 0 radical (unpaired) electrons. The van der Waals surface area contributed by atoms with E-state index in [9.17, 15) is 18.0 Å². The number of carbonyl (C=O) groups is 1. The van der Waals surface area contributed by atoms with Gasteiger partial charge >= 0.3 is 0 Å². The van der Waals surface area contributed by atoms with Gasteiger partial charge in [0.25, 0.3) is 5.91 Å². The fourth-order valence-electron chi connectivity index (χ4n) is 5.22. The Balaban J connectivity index is 1.48. The first-order chi connectivity index (χ1) is 18.3. The first-order valence-corrected chi connectivity index (χ1v) is 14.2. The molecular weight excluding hydrogens is 530 g/mol. The highest BCUT2D eigenvalue weighted by Crippen LogP contribution is 2.41. The molecule has 1 amide bonds. The maximum atomic E-state index is 13.7. The lowest BCUT2D eigenvalue weighted by atomic mass is 9.98. The highest BCUT2D eigenvalue weighted by atomic mass is 35.5. The van der Waals surface area contributed by atoms with E-state index in [4.69, 9.17) is 20.5 Å². The van der Waals surface area contributed by atoms with Gasteiger partial charge in [-0.15, -0.1) is 0 Å². The van der Waals surface area contributed by atoms with Crippen LogP contribution in [0.25, 0.3) is 11.0 Å². The molecule has 0 aliphatic carbocycles. The first-order valence-electron chi connectivity index (χ1n) is 12.4. The van der Waals surface area contributed by atoms with Crippen LogP contribution in [0.15, 0.2) is 67.2 Å². The van der Waals surface area contributed by atoms with E-state index in [2.05, 4.69) is 5.16 Å². The number of amides is 1. The van der Waals surface area contributed by atoms with Crippen molar-refractivity contribution < 1.29 is 22.2 Å². The van der Waals surface area contributed by atoms with Gasteiger partial charge in [-0.2, -0.15) is 4.31 Å². The molecule has 9 nitrogen and oxygen atoms in total. The standard InChI is InChI=1S/C27H24ClN3O6S/c1-16-14-22(29-37-16)31-24(23-25(32)20-15-18(28)8-11-21(20)36-26(23)27(31)33)17-6-9-19(10-7-17)38(34,35)30-12-4-2-3-5-13-30/h6-11,14-15,24H,2-5,12-13H2,1H3. The Kier molecular flexibility index (Phi) is 6.13. The quantitative estimate of drug-likeness (QED) is 0.347. The Bertz CT molecular complexity index is 1720. The van der Waals surface area contributed by atoms with Crippen LogP contribution in [-0.4, -0.2) is 36.9 Å². The highest BCUT2D eigenvalue weighted by Gasteiger charge is 2.45. The molecule has 6 rings (SSSR count). The summed E-state index contributed by atoms with van der Waals surface area (Å²) in [5.41, 5.74) is 0.503. The van der Waals surface area contributed by atoms with Gasteiger partial charge < -0.3 is 8.94 Å². The maximum Gasteiger partial charge on any atom is 0.296 e. The summed E-state index contributed by atoms with van der Waals surface area (Å²) in [6.45, 7) is 2.68. The molecule has 2 aromatic carbocycles. The monoisotopic (exact) mass is 553 g/mol. The average Bonchev–Trinajstić information content (AvgIpc) is 3.31. The van der Waals surface area contributed by atoms with Gasteiger partial charge in [0.05, 0.1) is 21.9 Å². The summed E-state index contributed by atoms with van der Waals surface area (Å²) < 4.78 is 39.3. The minimum absolute atomic E-state index is 0.100. The van der Waals surface area contributed by atoms with Gasteiger partial charge in [-0.05, 0) is 55.7 Å². The van der Waals surface area contributed by atoms with Gasteiger partial charge in [0.15, 0.2) is 11.2 Å². The molecule has 0 spiro atoms. The summed E-state index contributed by atoms with van der Waals surface area (Å²) in [4.78, 5) is 28.8. The Labute approximate surface area is 223 Å². The molecule has 38 heavy (non-hydrogen) atoms. The van der Waals surface area contributed by atoms with E-state index < -0.39 is 27.4 Å². The van der Waals surface area contributed by atoms with Crippen LogP contribution < -0.4 is 10.3 Å². The third-order valence-electron chi connectivity index (χ3n) is 7.09. The number of sulfonamides is 1. The van der Waals surface area contributed by atoms with E-state index in [0.29, 0.717) is 29.4 Å². The fourth-order valence-corrected chi connectivity index (χ4v) is 6.91. The molecule has 1 unspecified atom stereocenters. The normalized spacial score (nSPS) is 18.6. The van der Waals surface area contributed by atoms with Crippen LogP contribution in [-0.2, 0) is 10.0 Å². The van der Waals surface area contributed by atoms with Gasteiger partial charge in [0.2, 0.25) is 15.8 Å². The van der Waals surface area contributed by atoms with Crippen LogP contribution in [0.2, 0.25) is 5.02 Å². The number of aryl methyl sites for hydroxylation is 1.